The van der Waals surface area contributed by atoms with Gasteiger partial charge in [0, 0.05) is 17.2 Å². The first kappa shape index (κ1) is 13.4. The Morgan fingerprint density at radius 1 is 1.15 bits per heavy atom. The number of hydrogen-bond donors (Lipinski definition) is 2. The average molecular weight is 269 g/mol. The van der Waals surface area contributed by atoms with Crippen molar-refractivity contribution in [3.63, 3.8) is 0 Å². The number of aromatic nitrogens is 2. The highest BCUT2D eigenvalue weighted by atomic mass is 15.1. The van der Waals surface area contributed by atoms with Gasteiger partial charge in [-0.05, 0) is 43.5 Å². The normalized spacial score (nSPS) is 16.4. The van der Waals surface area contributed by atoms with E-state index < -0.39 is 0 Å². The fourth-order valence-electron chi connectivity index (χ4n) is 3.09. The van der Waals surface area contributed by atoms with Gasteiger partial charge in [0.05, 0.1) is 6.20 Å². The summed E-state index contributed by atoms with van der Waals surface area (Å²) in [6, 6.07) is 8.97. The smallest absolute Gasteiger partial charge is 0.0568 e. The second-order valence-corrected chi connectivity index (χ2v) is 5.67. The van der Waals surface area contributed by atoms with Gasteiger partial charge in [-0.3, -0.25) is 5.10 Å². The summed E-state index contributed by atoms with van der Waals surface area (Å²) in [5.41, 5.74) is 5.30. The molecule has 0 saturated carbocycles. The molecule has 1 aromatic heterocycles. The van der Waals surface area contributed by atoms with Crippen LogP contribution in [0, 0.1) is 0 Å². The van der Waals surface area contributed by atoms with Gasteiger partial charge in [0.1, 0.15) is 0 Å². The van der Waals surface area contributed by atoms with Crippen molar-refractivity contribution in [2.75, 3.05) is 13.1 Å². The maximum Gasteiger partial charge on any atom is 0.0568 e. The molecule has 3 rings (SSSR count). The van der Waals surface area contributed by atoms with Gasteiger partial charge in [-0.25, -0.2) is 0 Å². The van der Waals surface area contributed by atoms with Crippen molar-refractivity contribution >= 4 is 0 Å². The van der Waals surface area contributed by atoms with Gasteiger partial charge in [-0.1, -0.05) is 37.6 Å². The Balaban J connectivity index is 1.84. The molecular formula is C17H23N3. The van der Waals surface area contributed by atoms with Crippen LogP contribution in [0.15, 0.2) is 30.5 Å². The van der Waals surface area contributed by atoms with Crippen LogP contribution in [-0.4, -0.2) is 23.3 Å². The number of aromatic amines is 1. The van der Waals surface area contributed by atoms with Gasteiger partial charge in [-0.15, -0.1) is 0 Å². The van der Waals surface area contributed by atoms with Crippen LogP contribution in [0.2, 0.25) is 0 Å². The third-order valence-electron chi connectivity index (χ3n) is 4.22. The summed E-state index contributed by atoms with van der Waals surface area (Å²) in [6.45, 7) is 4.44. The number of aryl methyl sites for hydroxylation is 1. The van der Waals surface area contributed by atoms with Crippen molar-refractivity contribution in [3.8, 4) is 11.1 Å². The monoisotopic (exact) mass is 269 g/mol. The van der Waals surface area contributed by atoms with E-state index in [1.54, 1.807) is 0 Å². The molecule has 0 amide bonds. The highest BCUT2D eigenvalue weighted by Crippen LogP contribution is 2.32. The molecule has 0 aliphatic carbocycles. The number of rotatable bonds is 4. The van der Waals surface area contributed by atoms with Crippen molar-refractivity contribution in [2.24, 2.45) is 0 Å². The largest absolute Gasteiger partial charge is 0.317 e. The Morgan fingerprint density at radius 3 is 2.60 bits per heavy atom. The van der Waals surface area contributed by atoms with Gasteiger partial charge in [0.25, 0.3) is 0 Å². The van der Waals surface area contributed by atoms with Crippen LogP contribution >= 0.6 is 0 Å². The van der Waals surface area contributed by atoms with E-state index in [1.165, 1.54) is 41.6 Å². The van der Waals surface area contributed by atoms with Crippen LogP contribution in [0.25, 0.3) is 11.1 Å². The van der Waals surface area contributed by atoms with E-state index in [0.717, 1.165) is 19.5 Å². The lowest BCUT2D eigenvalue weighted by molar-refractivity contribution is 0.453. The molecule has 2 aromatic rings. The Labute approximate surface area is 120 Å². The molecule has 0 bridgehead atoms. The molecule has 106 valence electrons. The molecule has 0 spiro atoms. The zero-order chi connectivity index (χ0) is 13.8. The number of nitrogens with zero attached hydrogens (tertiary/aromatic N) is 1. The van der Waals surface area contributed by atoms with Crippen LogP contribution in [0.5, 0.6) is 0 Å². The Hall–Kier alpha value is -1.61. The fraction of sp³-hybridized carbons (Fsp3) is 0.471. The van der Waals surface area contributed by atoms with Crippen molar-refractivity contribution in [1.29, 1.82) is 0 Å². The van der Waals surface area contributed by atoms with Crippen LogP contribution in [0.1, 0.15) is 43.4 Å². The minimum absolute atomic E-state index is 0.615. The Kier molecular flexibility index (Phi) is 4.16. The molecule has 1 aliphatic heterocycles. The summed E-state index contributed by atoms with van der Waals surface area (Å²) in [6.07, 6.45) is 6.73. The van der Waals surface area contributed by atoms with Gasteiger partial charge in [0.15, 0.2) is 0 Å². The molecule has 0 unspecified atom stereocenters. The third kappa shape index (κ3) is 2.78. The molecule has 20 heavy (non-hydrogen) atoms. The molecule has 3 nitrogen and oxygen atoms in total. The van der Waals surface area contributed by atoms with Crippen molar-refractivity contribution < 1.29 is 0 Å². The van der Waals surface area contributed by atoms with E-state index in [-0.39, 0.29) is 0 Å². The number of benzene rings is 1. The summed E-state index contributed by atoms with van der Waals surface area (Å²) < 4.78 is 0. The fourth-order valence-corrected chi connectivity index (χ4v) is 3.09. The van der Waals surface area contributed by atoms with Gasteiger partial charge in [-0.2, -0.15) is 5.10 Å². The Bertz CT molecular complexity index is 536. The van der Waals surface area contributed by atoms with E-state index in [9.17, 15) is 0 Å². The zero-order valence-electron chi connectivity index (χ0n) is 12.2. The minimum Gasteiger partial charge on any atom is -0.317 e. The lowest BCUT2D eigenvalue weighted by atomic mass is 9.90. The molecule has 0 radical (unpaired) electrons. The highest BCUT2D eigenvalue weighted by molar-refractivity contribution is 5.66. The molecule has 1 aliphatic rings. The second-order valence-electron chi connectivity index (χ2n) is 5.67. The standard InChI is InChI=1S/C17H23N3/c1-2-3-13-4-6-14(7-5-13)16-12-19-20-17(16)15-8-10-18-11-9-15/h4-7,12,15,18H,2-3,8-11H2,1H3,(H,19,20). The quantitative estimate of drug-likeness (QED) is 0.892. The lowest BCUT2D eigenvalue weighted by Gasteiger charge is -2.22. The molecule has 0 atom stereocenters. The minimum atomic E-state index is 0.615. The predicted octanol–water partition coefficient (Wildman–Crippen LogP) is 3.50. The van der Waals surface area contributed by atoms with Gasteiger partial charge in [0.2, 0.25) is 0 Å². The van der Waals surface area contributed by atoms with E-state index >= 15 is 0 Å². The first-order chi connectivity index (χ1) is 9.88. The Morgan fingerprint density at radius 2 is 1.90 bits per heavy atom. The maximum atomic E-state index is 4.29. The summed E-state index contributed by atoms with van der Waals surface area (Å²) in [7, 11) is 0. The lowest BCUT2D eigenvalue weighted by Crippen LogP contribution is -2.27. The molecule has 1 aromatic carbocycles. The van der Waals surface area contributed by atoms with Gasteiger partial charge >= 0.3 is 0 Å². The average Bonchev–Trinajstić information content (AvgIpc) is 2.99. The summed E-state index contributed by atoms with van der Waals surface area (Å²) in [5, 5.41) is 10.9. The number of piperidine rings is 1. The van der Waals surface area contributed by atoms with E-state index in [2.05, 4.69) is 46.7 Å². The topological polar surface area (TPSA) is 40.7 Å². The van der Waals surface area contributed by atoms with Crippen LogP contribution in [-0.2, 0) is 6.42 Å². The van der Waals surface area contributed by atoms with Crippen LogP contribution in [0.4, 0.5) is 0 Å². The first-order valence-corrected chi connectivity index (χ1v) is 7.71. The molecule has 1 fully saturated rings. The number of nitrogens with one attached hydrogen (secondary N) is 2. The van der Waals surface area contributed by atoms with Crippen molar-refractivity contribution in [2.45, 2.75) is 38.5 Å². The van der Waals surface area contributed by atoms with Crippen LogP contribution in [0.3, 0.4) is 0 Å². The zero-order valence-corrected chi connectivity index (χ0v) is 12.2. The SMILES string of the molecule is CCCc1ccc(-c2cn[nH]c2C2CCNCC2)cc1. The van der Waals surface area contributed by atoms with E-state index in [1.807, 2.05) is 6.20 Å². The van der Waals surface area contributed by atoms with Gasteiger partial charge < -0.3 is 5.32 Å². The summed E-state index contributed by atoms with van der Waals surface area (Å²) >= 11 is 0. The molecule has 1 saturated heterocycles. The highest BCUT2D eigenvalue weighted by Gasteiger charge is 2.20. The number of hydrogen-bond acceptors (Lipinski definition) is 2. The maximum absolute atomic E-state index is 4.29. The van der Waals surface area contributed by atoms with E-state index in [4.69, 9.17) is 0 Å². The third-order valence-corrected chi connectivity index (χ3v) is 4.22. The van der Waals surface area contributed by atoms with Crippen LogP contribution < -0.4 is 5.32 Å². The predicted molar refractivity (Wildman–Crippen MR) is 82.9 cm³/mol. The molecule has 3 heteroatoms. The first-order valence-electron chi connectivity index (χ1n) is 7.71. The van der Waals surface area contributed by atoms with Crippen molar-refractivity contribution in [1.82, 2.24) is 15.5 Å². The summed E-state index contributed by atoms with van der Waals surface area (Å²) in [4.78, 5) is 0. The molecule has 2 N–H and O–H groups in total. The van der Waals surface area contributed by atoms with Crippen molar-refractivity contribution in [3.05, 3.63) is 41.7 Å². The number of H-pyrrole nitrogens is 1. The molecular weight excluding hydrogens is 246 g/mol. The summed E-state index contributed by atoms with van der Waals surface area (Å²) in [5.74, 6) is 0.615. The van der Waals surface area contributed by atoms with E-state index in [0.29, 0.717) is 5.92 Å². The second kappa shape index (κ2) is 6.23. The molecule has 2 heterocycles.